The topological polar surface area (TPSA) is 109 Å². The first-order valence-electron chi connectivity index (χ1n) is 8.70. The van der Waals surface area contributed by atoms with Crippen molar-refractivity contribution in [2.45, 2.75) is 4.90 Å². The van der Waals surface area contributed by atoms with Gasteiger partial charge in [0.1, 0.15) is 5.58 Å². The van der Waals surface area contributed by atoms with Crippen molar-refractivity contribution in [3.8, 4) is 0 Å². The van der Waals surface area contributed by atoms with Gasteiger partial charge in [-0.15, -0.1) is 0 Å². The van der Waals surface area contributed by atoms with E-state index in [4.69, 9.17) is 16.0 Å². The fraction of sp³-hybridized carbons (Fsp3) is 0.158. The second kappa shape index (κ2) is 7.51. The number of sulfonamides is 1. The van der Waals surface area contributed by atoms with Crippen LogP contribution in [-0.4, -0.2) is 44.2 Å². The molecule has 1 aliphatic heterocycles. The van der Waals surface area contributed by atoms with Crippen molar-refractivity contribution in [3.63, 3.8) is 0 Å². The molecular formula is C19H16ClN3O5S. The van der Waals surface area contributed by atoms with Crippen molar-refractivity contribution in [2.75, 3.05) is 25.0 Å². The van der Waals surface area contributed by atoms with Crippen LogP contribution in [0.2, 0.25) is 5.02 Å². The summed E-state index contributed by atoms with van der Waals surface area (Å²) in [5.74, 6) is -0.804. The maximum absolute atomic E-state index is 12.8. The van der Waals surface area contributed by atoms with Gasteiger partial charge in [-0.05, 0) is 42.5 Å². The summed E-state index contributed by atoms with van der Waals surface area (Å²) in [4.78, 5) is 24.0. The summed E-state index contributed by atoms with van der Waals surface area (Å²) in [5, 5.41) is 6.42. The summed E-state index contributed by atoms with van der Waals surface area (Å²) < 4.78 is 32.2. The Hall–Kier alpha value is -2.88. The number of amides is 2. The van der Waals surface area contributed by atoms with E-state index in [1.165, 1.54) is 18.2 Å². The van der Waals surface area contributed by atoms with E-state index in [-0.39, 0.29) is 41.9 Å². The number of piperazine rings is 1. The van der Waals surface area contributed by atoms with Crippen LogP contribution in [0.5, 0.6) is 0 Å². The molecule has 0 unspecified atom stereocenters. The Morgan fingerprint density at radius 2 is 2.00 bits per heavy atom. The van der Waals surface area contributed by atoms with Crippen LogP contribution in [0.15, 0.2) is 57.8 Å². The summed E-state index contributed by atoms with van der Waals surface area (Å²) in [6.07, 6.45) is 0. The summed E-state index contributed by atoms with van der Waals surface area (Å²) in [6, 6.07) is 12.4. The van der Waals surface area contributed by atoms with Gasteiger partial charge in [0.25, 0.3) is 5.91 Å². The Morgan fingerprint density at radius 3 is 2.79 bits per heavy atom. The highest BCUT2D eigenvalue weighted by Gasteiger charge is 2.29. The molecule has 1 aliphatic rings. The summed E-state index contributed by atoms with van der Waals surface area (Å²) in [5.41, 5.74) is 0.801. The van der Waals surface area contributed by atoms with Crippen molar-refractivity contribution in [2.24, 2.45) is 0 Å². The van der Waals surface area contributed by atoms with Crippen molar-refractivity contribution in [1.29, 1.82) is 0 Å². The van der Waals surface area contributed by atoms with Crippen LogP contribution in [0, 0.1) is 0 Å². The molecule has 0 spiro atoms. The second-order valence-corrected chi connectivity index (χ2v) is 8.84. The van der Waals surface area contributed by atoms with Gasteiger partial charge in [-0.2, -0.15) is 4.31 Å². The number of carbonyl (C=O) groups excluding carboxylic acids is 2. The molecule has 0 aliphatic carbocycles. The lowest BCUT2D eigenvalue weighted by Gasteiger charge is -2.26. The minimum atomic E-state index is -3.86. The quantitative estimate of drug-likeness (QED) is 0.657. The van der Waals surface area contributed by atoms with E-state index < -0.39 is 15.9 Å². The molecule has 2 aromatic carbocycles. The van der Waals surface area contributed by atoms with Gasteiger partial charge in [0, 0.05) is 29.2 Å². The van der Waals surface area contributed by atoms with E-state index in [2.05, 4.69) is 10.6 Å². The third kappa shape index (κ3) is 3.98. The number of halogens is 1. The van der Waals surface area contributed by atoms with Crippen LogP contribution in [0.4, 0.5) is 5.69 Å². The third-order valence-electron chi connectivity index (χ3n) is 4.44. The summed E-state index contributed by atoms with van der Waals surface area (Å²) >= 11 is 5.94. The smallest absolute Gasteiger partial charge is 0.291 e. The average molecular weight is 434 g/mol. The Morgan fingerprint density at radius 1 is 1.17 bits per heavy atom. The zero-order chi connectivity index (χ0) is 20.6. The summed E-state index contributed by atoms with van der Waals surface area (Å²) in [6.45, 7) is 0.206. The number of carbonyl (C=O) groups is 2. The van der Waals surface area contributed by atoms with Gasteiger partial charge < -0.3 is 15.1 Å². The first-order valence-corrected chi connectivity index (χ1v) is 10.5. The molecule has 0 radical (unpaired) electrons. The number of hydrogen-bond acceptors (Lipinski definition) is 5. The number of nitrogens with one attached hydrogen (secondary N) is 2. The lowest BCUT2D eigenvalue weighted by atomic mass is 10.2. The van der Waals surface area contributed by atoms with Gasteiger partial charge in [-0.3, -0.25) is 9.59 Å². The number of anilines is 1. The SMILES string of the molecule is O=C1CN(S(=O)(=O)c2cccc(NC(=O)c3cc4cc(Cl)ccc4o3)c2)CCN1. The molecule has 2 N–H and O–H groups in total. The van der Waals surface area contributed by atoms with Crippen LogP contribution in [0.1, 0.15) is 10.6 Å². The third-order valence-corrected chi connectivity index (χ3v) is 6.51. The maximum Gasteiger partial charge on any atom is 0.291 e. The standard InChI is InChI=1S/C19H16ClN3O5S/c20-13-4-5-16-12(8-13)9-17(28-16)19(25)22-14-2-1-3-15(10-14)29(26,27)23-7-6-21-18(24)11-23/h1-5,8-10H,6-7,11H2,(H,21,24)(H,22,25). The van der Waals surface area contributed by atoms with Gasteiger partial charge >= 0.3 is 0 Å². The highest BCUT2D eigenvalue weighted by Crippen LogP contribution is 2.25. The van der Waals surface area contributed by atoms with Crippen molar-refractivity contribution in [3.05, 3.63) is 59.3 Å². The van der Waals surface area contributed by atoms with Crippen LogP contribution in [-0.2, 0) is 14.8 Å². The lowest BCUT2D eigenvalue weighted by molar-refractivity contribution is -0.122. The van der Waals surface area contributed by atoms with E-state index in [1.54, 1.807) is 30.3 Å². The number of rotatable bonds is 4. The first-order chi connectivity index (χ1) is 13.8. The number of fused-ring (bicyclic) bond motifs is 1. The summed E-state index contributed by atoms with van der Waals surface area (Å²) in [7, 11) is -3.86. The van der Waals surface area contributed by atoms with E-state index in [0.29, 0.717) is 16.0 Å². The molecule has 29 heavy (non-hydrogen) atoms. The molecule has 2 amide bonds. The van der Waals surface area contributed by atoms with Crippen molar-refractivity contribution in [1.82, 2.24) is 9.62 Å². The Bertz CT molecular complexity index is 1220. The maximum atomic E-state index is 12.8. The van der Waals surface area contributed by atoms with E-state index in [1.807, 2.05) is 0 Å². The van der Waals surface area contributed by atoms with E-state index in [0.717, 1.165) is 4.31 Å². The van der Waals surface area contributed by atoms with Gasteiger partial charge in [0.2, 0.25) is 15.9 Å². The molecule has 1 aromatic heterocycles. The molecule has 10 heteroatoms. The fourth-order valence-corrected chi connectivity index (χ4v) is 4.65. The number of nitrogens with zero attached hydrogens (tertiary/aromatic N) is 1. The van der Waals surface area contributed by atoms with Gasteiger partial charge in [-0.25, -0.2) is 8.42 Å². The molecule has 1 fully saturated rings. The van der Waals surface area contributed by atoms with Gasteiger partial charge in [-0.1, -0.05) is 17.7 Å². The lowest BCUT2D eigenvalue weighted by Crippen LogP contribution is -2.49. The minimum Gasteiger partial charge on any atom is -0.451 e. The van der Waals surface area contributed by atoms with Crippen molar-refractivity contribution < 1.29 is 22.4 Å². The number of benzene rings is 2. The molecule has 2 heterocycles. The van der Waals surface area contributed by atoms with Gasteiger partial charge in [0.05, 0.1) is 11.4 Å². The molecule has 3 aromatic rings. The minimum absolute atomic E-state index is 0.0126. The van der Waals surface area contributed by atoms with Crippen molar-refractivity contribution >= 4 is 50.1 Å². The molecule has 8 nitrogen and oxygen atoms in total. The molecular weight excluding hydrogens is 418 g/mol. The molecule has 4 rings (SSSR count). The number of hydrogen-bond donors (Lipinski definition) is 2. The van der Waals surface area contributed by atoms with E-state index >= 15 is 0 Å². The molecule has 1 saturated heterocycles. The highest BCUT2D eigenvalue weighted by molar-refractivity contribution is 7.89. The van der Waals surface area contributed by atoms with Crippen LogP contribution < -0.4 is 10.6 Å². The molecule has 0 atom stereocenters. The largest absolute Gasteiger partial charge is 0.451 e. The van der Waals surface area contributed by atoms with Crippen LogP contribution >= 0.6 is 11.6 Å². The predicted octanol–water partition coefficient (Wildman–Crippen LogP) is 2.46. The van der Waals surface area contributed by atoms with Crippen LogP contribution in [0.25, 0.3) is 11.0 Å². The number of furan rings is 1. The fourth-order valence-electron chi connectivity index (χ4n) is 3.02. The highest BCUT2D eigenvalue weighted by atomic mass is 35.5. The van der Waals surface area contributed by atoms with Gasteiger partial charge in [0.15, 0.2) is 5.76 Å². The normalized spacial score (nSPS) is 15.3. The average Bonchev–Trinajstić information content (AvgIpc) is 3.11. The Kier molecular flexibility index (Phi) is 5.03. The zero-order valence-electron chi connectivity index (χ0n) is 15.0. The molecule has 0 saturated carbocycles. The second-order valence-electron chi connectivity index (χ2n) is 6.46. The molecule has 150 valence electrons. The Balaban J connectivity index is 1.56. The van der Waals surface area contributed by atoms with Crippen LogP contribution in [0.3, 0.4) is 0 Å². The van der Waals surface area contributed by atoms with E-state index in [9.17, 15) is 18.0 Å². The molecule has 0 bridgehead atoms. The monoisotopic (exact) mass is 433 g/mol. The Labute approximate surface area is 171 Å². The predicted molar refractivity (Wildman–Crippen MR) is 107 cm³/mol. The zero-order valence-corrected chi connectivity index (χ0v) is 16.6. The first kappa shape index (κ1) is 19.4.